The molecular weight excluding hydrogens is 504 g/mol. The Bertz CT molecular complexity index is 1290. The Hall–Kier alpha value is -4.59. The van der Waals surface area contributed by atoms with Crippen molar-refractivity contribution < 1.29 is 13.9 Å². The van der Waals surface area contributed by atoms with Crippen molar-refractivity contribution in [2.45, 2.75) is 55.8 Å². The van der Waals surface area contributed by atoms with Crippen molar-refractivity contribution >= 4 is 0 Å². The Morgan fingerprint density at radius 2 is 0.897 bits per heavy atom. The van der Waals surface area contributed by atoms with Gasteiger partial charge < -0.3 is 5.11 Å². The van der Waals surface area contributed by atoms with E-state index in [0.29, 0.717) is 30.4 Å². The first kappa shape index (κ1) is 27.4. The molecule has 0 bridgehead atoms. The predicted molar refractivity (Wildman–Crippen MR) is 142 cm³/mol. The first-order valence-electron chi connectivity index (χ1n) is 12.3. The molecule has 12 heteroatoms. The minimum atomic E-state index is -1.13. The minimum absolute atomic E-state index is 0.331. The number of benzene rings is 3. The molecule has 6 atom stereocenters. The standard InChI is InChI=1S/2C9H8FN3.C9H9N3O/c2*10-9-7-4-2-1-3-6(7)5-8(9)12-13-11;10-12-11-8-5-6-3-1-2-4-7(6)9(8)13/h2*1-4,8-9H,5H2;1-4,8-9,13H,5H2/t8-,9+;8-,9-;/m00./s1. The third-order valence-electron chi connectivity index (χ3n) is 7.01. The third kappa shape index (κ3) is 6.12. The molecule has 0 aromatic heterocycles. The van der Waals surface area contributed by atoms with Crippen LogP contribution in [0.15, 0.2) is 88.1 Å². The lowest BCUT2D eigenvalue weighted by molar-refractivity contribution is 0.159. The van der Waals surface area contributed by atoms with Gasteiger partial charge >= 0.3 is 0 Å². The van der Waals surface area contributed by atoms with Crippen LogP contribution in [-0.4, -0.2) is 23.2 Å². The van der Waals surface area contributed by atoms with E-state index in [1.54, 1.807) is 24.3 Å². The van der Waals surface area contributed by atoms with Gasteiger partial charge in [0.25, 0.3) is 0 Å². The Morgan fingerprint density at radius 3 is 1.28 bits per heavy atom. The lowest BCUT2D eigenvalue weighted by atomic mass is 10.1. The van der Waals surface area contributed by atoms with E-state index >= 15 is 0 Å². The summed E-state index contributed by atoms with van der Waals surface area (Å²) in [5.41, 5.74) is 29.9. The van der Waals surface area contributed by atoms with Crippen LogP contribution in [0.2, 0.25) is 0 Å². The smallest absolute Gasteiger partial charge is 0.134 e. The maximum absolute atomic E-state index is 13.5. The predicted octanol–water partition coefficient (Wildman–Crippen LogP) is 7.82. The second-order valence-corrected chi connectivity index (χ2v) is 9.27. The summed E-state index contributed by atoms with van der Waals surface area (Å²) in [7, 11) is 0. The fourth-order valence-corrected chi connectivity index (χ4v) is 5.10. The zero-order chi connectivity index (χ0) is 27.8. The molecule has 0 amide bonds. The normalized spacial score (nSPS) is 25.0. The number of alkyl halides is 2. The molecule has 0 aliphatic heterocycles. The first-order chi connectivity index (χ1) is 19.0. The molecule has 1 N–H and O–H groups in total. The summed E-state index contributed by atoms with van der Waals surface area (Å²) in [6.45, 7) is 0. The number of aliphatic hydroxyl groups is 1. The molecule has 198 valence electrons. The van der Waals surface area contributed by atoms with Crippen LogP contribution in [0.4, 0.5) is 8.78 Å². The fourth-order valence-electron chi connectivity index (χ4n) is 5.10. The number of rotatable bonds is 3. The second kappa shape index (κ2) is 12.8. The zero-order valence-electron chi connectivity index (χ0n) is 20.7. The van der Waals surface area contributed by atoms with E-state index in [2.05, 4.69) is 30.1 Å². The van der Waals surface area contributed by atoms with Gasteiger partial charge in [0.2, 0.25) is 0 Å². The van der Waals surface area contributed by atoms with Gasteiger partial charge in [-0.1, -0.05) is 88.1 Å². The lowest BCUT2D eigenvalue weighted by Crippen LogP contribution is -2.09. The quantitative estimate of drug-likeness (QED) is 0.204. The van der Waals surface area contributed by atoms with Gasteiger partial charge in [-0.05, 0) is 69.2 Å². The van der Waals surface area contributed by atoms with Crippen LogP contribution in [0.3, 0.4) is 0 Å². The van der Waals surface area contributed by atoms with E-state index in [4.69, 9.17) is 16.6 Å². The molecule has 0 saturated carbocycles. The van der Waals surface area contributed by atoms with Gasteiger partial charge in [0.05, 0.1) is 24.2 Å². The Kier molecular flexibility index (Phi) is 8.99. The van der Waals surface area contributed by atoms with Gasteiger partial charge in [0, 0.05) is 14.7 Å². The third-order valence-corrected chi connectivity index (χ3v) is 7.01. The van der Waals surface area contributed by atoms with Gasteiger partial charge in [-0.2, -0.15) is 0 Å². The number of aliphatic hydroxyl groups excluding tert-OH is 1. The molecule has 39 heavy (non-hydrogen) atoms. The highest BCUT2D eigenvalue weighted by atomic mass is 19.1. The molecular formula is C27H25F2N9O. The molecule has 6 rings (SSSR count). The van der Waals surface area contributed by atoms with Crippen LogP contribution < -0.4 is 0 Å². The van der Waals surface area contributed by atoms with Gasteiger partial charge in [0.1, 0.15) is 12.3 Å². The molecule has 3 aliphatic rings. The molecule has 3 aliphatic carbocycles. The van der Waals surface area contributed by atoms with Crippen molar-refractivity contribution in [3.63, 3.8) is 0 Å². The van der Waals surface area contributed by atoms with Gasteiger partial charge in [-0.3, -0.25) is 0 Å². The Morgan fingerprint density at radius 1 is 0.564 bits per heavy atom. The summed E-state index contributed by atoms with van der Waals surface area (Å²) in [5.74, 6) is 0. The SMILES string of the molecule is [N-]=[N+]=NC1Cc2ccccc2C1O.[N-]=[N+]=N[C@H]1Cc2ccccc2[C@@H]1F.[N-]=[N+]=N[C@H]1Cc2ccccc2[C@H]1F. The van der Waals surface area contributed by atoms with Crippen LogP contribution >= 0.6 is 0 Å². The summed E-state index contributed by atoms with van der Waals surface area (Å²) >= 11 is 0. The van der Waals surface area contributed by atoms with E-state index in [1.807, 2.05) is 48.5 Å². The highest BCUT2D eigenvalue weighted by Gasteiger charge is 2.32. The Labute approximate surface area is 222 Å². The zero-order valence-corrected chi connectivity index (χ0v) is 20.7. The molecule has 2 unspecified atom stereocenters. The summed E-state index contributed by atoms with van der Waals surface area (Å²) in [4.78, 5) is 7.99. The van der Waals surface area contributed by atoms with E-state index in [9.17, 15) is 13.9 Å². The van der Waals surface area contributed by atoms with Crippen molar-refractivity contribution in [2.75, 3.05) is 0 Å². The topological polar surface area (TPSA) is 167 Å². The van der Waals surface area contributed by atoms with Crippen molar-refractivity contribution in [1.82, 2.24) is 0 Å². The van der Waals surface area contributed by atoms with Gasteiger partial charge in [-0.15, -0.1) is 0 Å². The monoisotopic (exact) mass is 529 g/mol. The number of hydrogen-bond donors (Lipinski definition) is 1. The summed E-state index contributed by atoms with van der Waals surface area (Å²) in [6, 6.07) is 20.7. The van der Waals surface area contributed by atoms with Crippen LogP contribution in [0.5, 0.6) is 0 Å². The first-order valence-corrected chi connectivity index (χ1v) is 12.3. The number of halogens is 2. The Balaban J connectivity index is 0.000000136. The van der Waals surface area contributed by atoms with Crippen molar-refractivity contribution in [1.29, 1.82) is 0 Å². The molecule has 0 fully saturated rings. The maximum atomic E-state index is 13.5. The second-order valence-electron chi connectivity index (χ2n) is 9.27. The number of azide groups is 3. The summed E-state index contributed by atoms with van der Waals surface area (Å²) in [6.07, 6.45) is -1.23. The minimum Gasteiger partial charge on any atom is -0.388 e. The lowest BCUT2D eigenvalue weighted by Gasteiger charge is -2.07. The largest absolute Gasteiger partial charge is 0.388 e. The average Bonchev–Trinajstić information content (AvgIpc) is 3.57. The summed E-state index contributed by atoms with van der Waals surface area (Å²) < 4.78 is 27.0. The number of nitrogens with zero attached hydrogens (tertiary/aromatic N) is 9. The van der Waals surface area contributed by atoms with Crippen LogP contribution in [-0.2, 0) is 19.3 Å². The molecule has 0 spiro atoms. The van der Waals surface area contributed by atoms with E-state index in [1.165, 1.54) is 0 Å². The average molecular weight is 530 g/mol. The molecule has 3 aromatic carbocycles. The van der Waals surface area contributed by atoms with E-state index < -0.39 is 30.5 Å². The van der Waals surface area contributed by atoms with Crippen LogP contribution in [0.1, 0.15) is 51.8 Å². The molecule has 3 aromatic rings. The molecule has 0 saturated heterocycles. The van der Waals surface area contributed by atoms with E-state index in [-0.39, 0.29) is 6.04 Å². The van der Waals surface area contributed by atoms with E-state index in [0.717, 1.165) is 22.3 Å². The van der Waals surface area contributed by atoms with Crippen molar-refractivity contribution in [3.8, 4) is 0 Å². The van der Waals surface area contributed by atoms with Crippen molar-refractivity contribution in [3.05, 3.63) is 138 Å². The fraction of sp³-hybridized carbons (Fsp3) is 0.333. The van der Waals surface area contributed by atoms with Crippen molar-refractivity contribution in [2.24, 2.45) is 15.3 Å². The maximum Gasteiger partial charge on any atom is 0.134 e. The molecule has 0 heterocycles. The highest BCUT2D eigenvalue weighted by molar-refractivity contribution is 5.37. The van der Waals surface area contributed by atoms with Gasteiger partial charge in [0.15, 0.2) is 0 Å². The van der Waals surface area contributed by atoms with Crippen LogP contribution in [0, 0.1) is 0 Å². The summed E-state index contributed by atoms with van der Waals surface area (Å²) in [5, 5.41) is 20.1. The van der Waals surface area contributed by atoms with Gasteiger partial charge in [-0.25, -0.2) is 8.78 Å². The number of fused-ring (bicyclic) bond motifs is 3. The highest BCUT2D eigenvalue weighted by Crippen LogP contribution is 2.37. The molecule has 0 radical (unpaired) electrons. The molecule has 10 nitrogen and oxygen atoms in total. The number of hydrogen-bond acceptors (Lipinski definition) is 4. The van der Waals surface area contributed by atoms with Crippen LogP contribution in [0.25, 0.3) is 31.3 Å².